The number of imide groups is 1. The monoisotopic (exact) mass is 471 g/mol. The van der Waals surface area contributed by atoms with Crippen molar-refractivity contribution in [3.05, 3.63) is 96.2 Å². The van der Waals surface area contributed by atoms with Gasteiger partial charge in [-0.15, -0.1) is 0 Å². The van der Waals surface area contributed by atoms with Crippen molar-refractivity contribution < 1.29 is 9.59 Å². The van der Waals surface area contributed by atoms with Crippen molar-refractivity contribution in [1.29, 1.82) is 0 Å². The van der Waals surface area contributed by atoms with Gasteiger partial charge in [-0.25, -0.2) is 0 Å². The van der Waals surface area contributed by atoms with Crippen molar-refractivity contribution in [3.63, 3.8) is 0 Å². The van der Waals surface area contributed by atoms with E-state index in [4.69, 9.17) is 0 Å². The van der Waals surface area contributed by atoms with Crippen LogP contribution < -0.4 is 0 Å². The molecule has 9 rings (SSSR count). The third-order valence-corrected chi connectivity index (χ3v) is 8.99. The van der Waals surface area contributed by atoms with Crippen LogP contribution >= 0.6 is 0 Å². The normalized spacial score (nSPS) is 30.1. The Morgan fingerprint density at radius 2 is 1.47 bits per heavy atom. The van der Waals surface area contributed by atoms with Gasteiger partial charge in [-0.05, 0) is 52.5 Å². The number of carbonyl (C=O) groups is 2. The maximum atomic E-state index is 13.3. The van der Waals surface area contributed by atoms with Gasteiger partial charge in [0, 0.05) is 29.2 Å². The van der Waals surface area contributed by atoms with E-state index in [-0.39, 0.29) is 35.5 Å². The molecule has 5 nitrogen and oxygen atoms in total. The topological polar surface area (TPSA) is 54.7 Å². The van der Waals surface area contributed by atoms with Crippen molar-refractivity contribution in [1.82, 2.24) is 9.58 Å². The van der Waals surface area contributed by atoms with Gasteiger partial charge in [0.25, 0.3) is 11.8 Å². The quantitative estimate of drug-likeness (QED) is 0.233. The van der Waals surface area contributed by atoms with E-state index < -0.39 is 0 Å². The molecule has 3 fully saturated rings. The Hall–Kier alpha value is -3.99. The summed E-state index contributed by atoms with van der Waals surface area (Å²) >= 11 is 0. The van der Waals surface area contributed by atoms with Crippen molar-refractivity contribution >= 4 is 39.7 Å². The summed E-state index contributed by atoms with van der Waals surface area (Å²) in [5, 5.41) is 9.20. The lowest BCUT2D eigenvalue weighted by molar-refractivity contribution is -0.140. The van der Waals surface area contributed by atoms with Gasteiger partial charge >= 0.3 is 0 Å². The van der Waals surface area contributed by atoms with E-state index in [1.807, 2.05) is 12.1 Å². The minimum atomic E-state index is -0.221. The van der Waals surface area contributed by atoms with Gasteiger partial charge in [0.05, 0.1) is 18.1 Å². The molecule has 6 atom stereocenters. The minimum Gasteiger partial charge on any atom is -0.342 e. The maximum Gasteiger partial charge on any atom is 0.254 e. The number of rotatable bonds is 4. The second kappa shape index (κ2) is 7.26. The smallest absolute Gasteiger partial charge is 0.254 e. The van der Waals surface area contributed by atoms with Gasteiger partial charge in [-0.1, -0.05) is 72.8 Å². The van der Waals surface area contributed by atoms with E-state index in [9.17, 15) is 9.59 Å². The van der Waals surface area contributed by atoms with Crippen LogP contribution in [0.25, 0.3) is 21.7 Å². The van der Waals surface area contributed by atoms with Crippen LogP contribution in [0, 0.1) is 35.5 Å². The molecule has 1 saturated heterocycles. The third kappa shape index (κ3) is 2.74. The van der Waals surface area contributed by atoms with Crippen LogP contribution in [0.2, 0.25) is 0 Å². The molecule has 2 bridgehead atoms. The Morgan fingerprint density at radius 3 is 2.25 bits per heavy atom. The largest absolute Gasteiger partial charge is 0.342 e. The summed E-state index contributed by atoms with van der Waals surface area (Å²) in [7, 11) is 0. The number of hydrogen-bond donors (Lipinski definition) is 0. The molecule has 4 aromatic rings. The molecule has 0 spiro atoms. The number of hydrogen-bond acceptors (Lipinski definition) is 3. The van der Waals surface area contributed by atoms with Gasteiger partial charge in [0.15, 0.2) is 0 Å². The van der Waals surface area contributed by atoms with Gasteiger partial charge in [0.1, 0.15) is 0 Å². The first-order valence-corrected chi connectivity index (χ1v) is 12.8. The highest BCUT2D eigenvalue weighted by atomic mass is 16.2. The zero-order valence-corrected chi connectivity index (χ0v) is 19.7. The zero-order valence-electron chi connectivity index (χ0n) is 19.7. The fourth-order valence-electron chi connectivity index (χ4n) is 7.30. The number of allylic oxidation sites excluding steroid dienone is 2. The maximum absolute atomic E-state index is 13.3. The lowest BCUT2D eigenvalue weighted by Crippen LogP contribution is -2.40. The lowest BCUT2D eigenvalue weighted by Gasteiger charge is -2.37. The molecule has 0 unspecified atom stereocenters. The second-order valence-electron chi connectivity index (χ2n) is 10.8. The highest BCUT2D eigenvalue weighted by Gasteiger charge is 2.67. The van der Waals surface area contributed by atoms with E-state index >= 15 is 0 Å². The number of fused-ring (bicyclic) bond motifs is 2. The average Bonchev–Trinajstić information content (AvgIpc) is 3.62. The van der Waals surface area contributed by atoms with E-state index in [1.165, 1.54) is 21.3 Å². The zero-order chi connectivity index (χ0) is 24.0. The van der Waals surface area contributed by atoms with Gasteiger partial charge in [-0.3, -0.25) is 9.59 Å². The Morgan fingerprint density at radius 1 is 0.806 bits per heavy atom. The SMILES string of the molecule is O=C1[C@@H]2[C@H]3C=C[C@@H]([C@@H]4C[C@@H]34)[C@@H]2C(=O)N1/N=C\c1cn(Cc2cccc3ccccc23)c2ccccc12. The fourth-order valence-corrected chi connectivity index (χ4v) is 7.30. The molecule has 2 saturated carbocycles. The summed E-state index contributed by atoms with van der Waals surface area (Å²) in [6, 6.07) is 23.1. The summed E-state index contributed by atoms with van der Waals surface area (Å²) in [4.78, 5) is 26.6. The molecule has 176 valence electrons. The summed E-state index contributed by atoms with van der Waals surface area (Å²) in [5.41, 5.74) is 3.25. The van der Waals surface area contributed by atoms with E-state index in [0.717, 1.165) is 29.4 Å². The van der Waals surface area contributed by atoms with E-state index in [0.29, 0.717) is 11.8 Å². The molecule has 5 aliphatic rings. The summed E-state index contributed by atoms with van der Waals surface area (Å²) in [6.45, 7) is 0.721. The van der Waals surface area contributed by atoms with Crippen molar-refractivity contribution in [2.75, 3.05) is 0 Å². The van der Waals surface area contributed by atoms with Gasteiger partial charge < -0.3 is 4.57 Å². The van der Waals surface area contributed by atoms with Crippen LogP contribution in [0.5, 0.6) is 0 Å². The van der Waals surface area contributed by atoms with Crippen molar-refractivity contribution in [2.24, 2.45) is 40.6 Å². The number of amides is 2. The predicted octanol–water partition coefficient (Wildman–Crippen LogP) is 5.23. The van der Waals surface area contributed by atoms with Gasteiger partial charge in [-0.2, -0.15) is 10.1 Å². The molecule has 2 amide bonds. The molecular formula is C31H25N3O2. The molecule has 1 aliphatic heterocycles. The second-order valence-corrected chi connectivity index (χ2v) is 10.8. The molecule has 36 heavy (non-hydrogen) atoms. The summed E-state index contributed by atoms with van der Waals surface area (Å²) < 4.78 is 2.23. The molecular weight excluding hydrogens is 446 g/mol. The average molecular weight is 472 g/mol. The molecule has 0 radical (unpaired) electrons. The highest BCUT2D eigenvalue weighted by molar-refractivity contribution is 6.07. The van der Waals surface area contributed by atoms with Gasteiger partial charge in [0.2, 0.25) is 0 Å². The van der Waals surface area contributed by atoms with Crippen LogP contribution in [-0.4, -0.2) is 27.6 Å². The van der Waals surface area contributed by atoms with Crippen LogP contribution in [0.4, 0.5) is 0 Å². The fraction of sp³-hybridized carbons (Fsp3) is 0.258. The Kier molecular flexibility index (Phi) is 4.08. The highest BCUT2D eigenvalue weighted by Crippen LogP contribution is 2.65. The molecule has 4 aliphatic carbocycles. The number of para-hydroxylation sites is 1. The number of nitrogens with zero attached hydrogens (tertiary/aromatic N) is 3. The van der Waals surface area contributed by atoms with Crippen LogP contribution in [-0.2, 0) is 16.1 Å². The molecule has 2 heterocycles. The van der Waals surface area contributed by atoms with Crippen LogP contribution in [0.15, 0.2) is 90.2 Å². The first-order chi connectivity index (χ1) is 17.7. The Balaban J connectivity index is 1.14. The van der Waals surface area contributed by atoms with Crippen LogP contribution in [0.3, 0.4) is 0 Å². The summed E-state index contributed by atoms with van der Waals surface area (Å²) in [6.07, 6.45) is 9.33. The summed E-state index contributed by atoms with van der Waals surface area (Å²) in [5.74, 6) is 0.926. The first kappa shape index (κ1) is 20.2. The first-order valence-electron chi connectivity index (χ1n) is 12.8. The molecule has 0 N–H and O–H groups in total. The Labute approximate surface area is 208 Å². The van der Waals surface area contributed by atoms with Crippen molar-refractivity contribution in [3.8, 4) is 0 Å². The third-order valence-electron chi connectivity index (χ3n) is 8.99. The minimum absolute atomic E-state index is 0.120. The number of aromatic nitrogens is 1. The van der Waals surface area contributed by atoms with Crippen molar-refractivity contribution in [2.45, 2.75) is 13.0 Å². The molecule has 3 aromatic carbocycles. The number of carbonyl (C=O) groups excluding carboxylic acids is 2. The van der Waals surface area contributed by atoms with E-state index in [1.54, 1.807) is 6.21 Å². The predicted molar refractivity (Wildman–Crippen MR) is 139 cm³/mol. The molecule has 1 aromatic heterocycles. The lowest BCUT2D eigenvalue weighted by atomic mass is 9.63. The number of hydrazone groups is 1. The Bertz CT molecular complexity index is 1600. The molecule has 5 heteroatoms. The number of benzene rings is 3. The standard InChI is InChI=1S/C31H25N3O2/c35-30-28-23-12-13-24(26-14-25(23)26)29(28)31(36)34(30)32-15-20-17-33(27-11-4-3-10-22(20)27)16-19-8-5-7-18-6-1-2-9-21(18)19/h1-13,15,17,23-26,28-29H,14,16H2/b32-15-/t23-,24-,25-,26-,28-,29+/m0/s1. The van der Waals surface area contributed by atoms with E-state index in [2.05, 4.69) is 82.6 Å². The van der Waals surface area contributed by atoms with Crippen LogP contribution in [0.1, 0.15) is 17.5 Å².